The Morgan fingerprint density at radius 1 is 0.783 bits per heavy atom. The van der Waals surface area contributed by atoms with Crippen LogP contribution in [0, 0.1) is 0 Å². The molecule has 0 amide bonds. The van der Waals surface area contributed by atoms with E-state index < -0.39 is 5.97 Å². The van der Waals surface area contributed by atoms with Crippen molar-refractivity contribution < 1.29 is 9.53 Å². The van der Waals surface area contributed by atoms with E-state index in [9.17, 15) is 4.79 Å². The van der Waals surface area contributed by atoms with Crippen molar-refractivity contribution in [2.24, 2.45) is 0 Å². The Bertz CT molecular complexity index is 828. The molecule has 0 fully saturated rings. The number of esters is 1. The van der Waals surface area contributed by atoms with Crippen LogP contribution in [0.2, 0.25) is 10.0 Å². The maximum Gasteiger partial charge on any atom is 0.345 e. The predicted molar refractivity (Wildman–Crippen MR) is 93.3 cm³/mol. The molecule has 0 bridgehead atoms. The summed E-state index contributed by atoms with van der Waals surface area (Å²) in [5.74, 6) is -0.0873. The number of carbonyl (C=O) groups is 1. The third-order valence-corrected chi connectivity index (χ3v) is 3.88. The van der Waals surface area contributed by atoms with Crippen LogP contribution >= 0.6 is 23.2 Å². The number of halogens is 2. The number of carbonyl (C=O) groups excluding carboxylic acids is 1. The zero-order valence-electron chi connectivity index (χ0n) is 12.0. The zero-order chi connectivity index (χ0) is 16.2. The van der Waals surface area contributed by atoms with Crippen LogP contribution in [0.25, 0.3) is 11.1 Å². The minimum absolute atomic E-state index is 0.242. The average molecular weight is 343 g/mol. The molecule has 0 radical (unpaired) electrons. The Balaban J connectivity index is 1.78. The summed E-state index contributed by atoms with van der Waals surface area (Å²) in [5.41, 5.74) is 2.39. The van der Waals surface area contributed by atoms with Gasteiger partial charge in [-0.1, -0.05) is 65.7 Å². The lowest BCUT2D eigenvalue weighted by Crippen LogP contribution is -2.09. The van der Waals surface area contributed by atoms with Crippen LogP contribution in [0.4, 0.5) is 0 Å². The molecular formula is C19H12Cl2O2. The van der Waals surface area contributed by atoms with Crippen LogP contribution in [0.5, 0.6) is 5.75 Å². The lowest BCUT2D eigenvalue weighted by atomic mass is 10.1. The van der Waals surface area contributed by atoms with Gasteiger partial charge < -0.3 is 4.74 Å². The van der Waals surface area contributed by atoms with Crippen molar-refractivity contribution in [2.45, 2.75) is 0 Å². The van der Waals surface area contributed by atoms with Gasteiger partial charge in [0.05, 0.1) is 10.6 Å². The van der Waals surface area contributed by atoms with E-state index in [1.54, 1.807) is 24.3 Å². The van der Waals surface area contributed by atoms with Crippen LogP contribution < -0.4 is 4.74 Å². The molecule has 0 aromatic heterocycles. The molecule has 2 nitrogen and oxygen atoms in total. The van der Waals surface area contributed by atoms with Crippen LogP contribution in [-0.2, 0) is 0 Å². The van der Waals surface area contributed by atoms with Crippen molar-refractivity contribution >= 4 is 29.2 Å². The molecule has 0 aliphatic heterocycles. The Kier molecular flexibility index (Phi) is 4.65. The monoisotopic (exact) mass is 342 g/mol. The highest BCUT2D eigenvalue weighted by Crippen LogP contribution is 2.25. The van der Waals surface area contributed by atoms with E-state index in [-0.39, 0.29) is 5.56 Å². The molecule has 0 heterocycles. The third-order valence-electron chi connectivity index (χ3n) is 3.32. The van der Waals surface area contributed by atoms with Gasteiger partial charge in [0.15, 0.2) is 0 Å². The van der Waals surface area contributed by atoms with Crippen LogP contribution in [0.1, 0.15) is 10.4 Å². The summed E-state index contributed by atoms with van der Waals surface area (Å²) in [6.07, 6.45) is 0. The van der Waals surface area contributed by atoms with Crippen molar-refractivity contribution in [2.75, 3.05) is 0 Å². The second-order valence-corrected chi connectivity index (χ2v) is 5.75. The summed E-state index contributed by atoms with van der Waals surface area (Å²) in [7, 11) is 0. The quantitative estimate of drug-likeness (QED) is 0.438. The second-order valence-electron chi connectivity index (χ2n) is 4.90. The SMILES string of the molecule is O=C(Oc1ccc(-c2ccccc2)cc1)c1cc(Cl)ccc1Cl. The minimum Gasteiger partial charge on any atom is -0.423 e. The van der Waals surface area contributed by atoms with Crippen molar-refractivity contribution in [3.8, 4) is 16.9 Å². The lowest BCUT2D eigenvalue weighted by Gasteiger charge is -2.07. The topological polar surface area (TPSA) is 26.3 Å². The molecule has 0 atom stereocenters. The molecule has 114 valence electrons. The van der Waals surface area contributed by atoms with Gasteiger partial charge in [-0.15, -0.1) is 0 Å². The van der Waals surface area contributed by atoms with Gasteiger partial charge in [-0.05, 0) is 41.5 Å². The first kappa shape index (κ1) is 15.6. The van der Waals surface area contributed by atoms with Gasteiger partial charge in [0.1, 0.15) is 5.75 Å². The van der Waals surface area contributed by atoms with Crippen molar-refractivity contribution in [1.82, 2.24) is 0 Å². The highest BCUT2D eigenvalue weighted by Gasteiger charge is 2.13. The second kappa shape index (κ2) is 6.86. The van der Waals surface area contributed by atoms with Gasteiger partial charge in [-0.2, -0.15) is 0 Å². The maximum atomic E-state index is 12.2. The van der Waals surface area contributed by atoms with E-state index in [0.717, 1.165) is 11.1 Å². The molecule has 0 saturated heterocycles. The van der Waals surface area contributed by atoms with Gasteiger partial charge in [-0.3, -0.25) is 0 Å². The summed E-state index contributed by atoms with van der Waals surface area (Å²) in [4.78, 5) is 12.2. The van der Waals surface area contributed by atoms with Gasteiger partial charge in [0.2, 0.25) is 0 Å². The van der Waals surface area contributed by atoms with Gasteiger partial charge in [0.25, 0.3) is 0 Å². The van der Waals surface area contributed by atoms with Crippen LogP contribution in [0.3, 0.4) is 0 Å². The van der Waals surface area contributed by atoms with E-state index >= 15 is 0 Å². The maximum absolute atomic E-state index is 12.2. The van der Waals surface area contributed by atoms with E-state index in [1.165, 1.54) is 6.07 Å². The summed E-state index contributed by atoms with van der Waals surface area (Å²) >= 11 is 11.9. The molecule has 0 aliphatic carbocycles. The standard InChI is InChI=1S/C19H12Cl2O2/c20-15-8-11-18(21)17(12-15)19(22)23-16-9-6-14(7-10-16)13-4-2-1-3-5-13/h1-12H. The third kappa shape index (κ3) is 3.73. The highest BCUT2D eigenvalue weighted by molar-refractivity contribution is 6.35. The minimum atomic E-state index is -0.537. The summed E-state index contributed by atoms with van der Waals surface area (Å²) in [5, 5.41) is 0.737. The number of benzene rings is 3. The molecule has 0 N–H and O–H groups in total. The Labute approximate surface area is 144 Å². The van der Waals surface area contributed by atoms with E-state index in [0.29, 0.717) is 15.8 Å². The average Bonchev–Trinajstić information content (AvgIpc) is 2.58. The van der Waals surface area contributed by atoms with E-state index in [1.807, 2.05) is 42.5 Å². The van der Waals surface area contributed by atoms with Crippen molar-refractivity contribution in [3.63, 3.8) is 0 Å². The molecule has 4 heteroatoms. The molecular weight excluding hydrogens is 331 g/mol. The number of hydrogen-bond donors (Lipinski definition) is 0. The largest absolute Gasteiger partial charge is 0.423 e. The fraction of sp³-hybridized carbons (Fsp3) is 0. The predicted octanol–water partition coefficient (Wildman–Crippen LogP) is 5.88. The Morgan fingerprint density at radius 3 is 2.13 bits per heavy atom. The van der Waals surface area contributed by atoms with Crippen molar-refractivity contribution in [3.05, 3.63) is 88.4 Å². The fourth-order valence-corrected chi connectivity index (χ4v) is 2.53. The highest BCUT2D eigenvalue weighted by atomic mass is 35.5. The molecule has 3 rings (SSSR count). The first-order chi connectivity index (χ1) is 11.1. The molecule has 0 spiro atoms. The Hall–Kier alpha value is -2.29. The zero-order valence-corrected chi connectivity index (χ0v) is 13.5. The molecule has 3 aromatic carbocycles. The molecule has 0 unspecified atom stereocenters. The molecule has 3 aromatic rings. The number of hydrogen-bond acceptors (Lipinski definition) is 2. The summed E-state index contributed by atoms with van der Waals surface area (Å²) in [6.45, 7) is 0. The number of ether oxygens (including phenoxy) is 1. The number of rotatable bonds is 3. The molecule has 0 saturated carbocycles. The lowest BCUT2D eigenvalue weighted by molar-refractivity contribution is 0.0735. The first-order valence-electron chi connectivity index (χ1n) is 6.96. The van der Waals surface area contributed by atoms with E-state index in [2.05, 4.69) is 0 Å². The molecule has 0 aliphatic rings. The van der Waals surface area contributed by atoms with Crippen molar-refractivity contribution in [1.29, 1.82) is 0 Å². The van der Waals surface area contributed by atoms with Crippen LogP contribution in [-0.4, -0.2) is 5.97 Å². The van der Waals surface area contributed by atoms with Crippen LogP contribution in [0.15, 0.2) is 72.8 Å². The molecule has 23 heavy (non-hydrogen) atoms. The smallest absolute Gasteiger partial charge is 0.345 e. The normalized spacial score (nSPS) is 10.3. The fourth-order valence-electron chi connectivity index (χ4n) is 2.16. The summed E-state index contributed by atoms with van der Waals surface area (Å²) < 4.78 is 5.35. The van der Waals surface area contributed by atoms with E-state index in [4.69, 9.17) is 27.9 Å². The summed E-state index contributed by atoms with van der Waals surface area (Å²) in [6, 6.07) is 21.9. The Morgan fingerprint density at radius 2 is 1.43 bits per heavy atom. The van der Waals surface area contributed by atoms with Gasteiger partial charge >= 0.3 is 5.97 Å². The van der Waals surface area contributed by atoms with Gasteiger partial charge in [0, 0.05) is 5.02 Å². The first-order valence-corrected chi connectivity index (χ1v) is 7.72. The van der Waals surface area contributed by atoms with Gasteiger partial charge in [-0.25, -0.2) is 4.79 Å².